The van der Waals surface area contributed by atoms with Gasteiger partial charge in [-0.2, -0.15) is 0 Å². The third-order valence-electron chi connectivity index (χ3n) is 3.61. The van der Waals surface area contributed by atoms with Crippen LogP contribution in [0.1, 0.15) is 38.5 Å². The molecule has 0 saturated heterocycles. The van der Waals surface area contributed by atoms with E-state index in [0.29, 0.717) is 0 Å². The van der Waals surface area contributed by atoms with E-state index in [1.165, 1.54) is 19.2 Å². The number of methoxy groups -OCH3 is 1. The fourth-order valence-electron chi connectivity index (χ4n) is 2.49. The van der Waals surface area contributed by atoms with E-state index in [-0.39, 0.29) is 16.7 Å². The second kappa shape index (κ2) is 6.54. The van der Waals surface area contributed by atoms with Crippen molar-refractivity contribution < 1.29 is 17.5 Å². The number of ether oxygens (including phenoxy) is 1. The first kappa shape index (κ1) is 15.3. The van der Waals surface area contributed by atoms with Gasteiger partial charge in [-0.15, -0.1) is 0 Å². The van der Waals surface area contributed by atoms with E-state index in [9.17, 15) is 12.8 Å². The van der Waals surface area contributed by atoms with Gasteiger partial charge < -0.3 is 4.74 Å². The van der Waals surface area contributed by atoms with Crippen LogP contribution < -0.4 is 9.46 Å². The number of hydrogen-bond acceptors (Lipinski definition) is 3. The van der Waals surface area contributed by atoms with Crippen molar-refractivity contribution in [3.8, 4) is 5.75 Å². The summed E-state index contributed by atoms with van der Waals surface area (Å²) in [7, 11) is -2.31. The molecule has 1 aromatic carbocycles. The number of benzene rings is 1. The molecule has 2 rings (SSSR count). The zero-order valence-electron chi connectivity index (χ0n) is 11.6. The van der Waals surface area contributed by atoms with Crippen molar-refractivity contribution >= 4 is 10.0 Å². The number of sulfonamides is 1. The lowest BCUT2D eigenvalue weighted by Gasteiger charge is -2.16. The molecule has 1 aromatic rings. The number of hydrogen-bond donors (Lipinski definition) is 1. The molecule has 0 amide bonds. The van der Waals surface area contributed by atoms with Crippen LogP contribution in [0.5, 0.6) is 5.75 Å². The zero-order valence-corrected chi connectivity index (χ0v) is 12.4. The van der Waals surface area contributed by atoms with Gasteiger partial charge in [0.25, 0.3) is 0 Å². The maximum Gasteiger partial charge on any atom is 0.240 e. The molecular weight excluding hydrogens is 281 g/mol. The van der Waals surface area contributed by atoms with Gasteiger partial charge in [0.2, 0.25) is 10.0 Å². The molecule has 112 valence electrons. The molecule has 0 spiro atoms. The molecular formula is C14H20FNO3S. The van der Waals surface area contributed by atoms with Crippen molar-refractivity contribution in [1.82, 2.24) is 4.72 Å². The Bertz CT molecular complexity index is 552. The summed E-state index contributed by atoms with van der Waals surface area (Å²) >= 11 is 0. The van der Waals surface area contributed by atoms with Crippen molar-refractivity contribution in [2.45, 2.75) is 49.5 Å². The van der Waals surface area contributed by atoms with Gasteiger partial charge in [0.1, 0.15) is 0 Å². The van der Waals surface area contributed by atoms with Crippen LogP contribution in [-0.2, 0) is 10.0 Å². The highest BCUT2D eigenvalue weighted by molar-refractivity contribution is 7.89. The fourth-order valence-corrected chi connectivity index (χ4v) is 3.81. The van der Waals surface area contributed by atoms with Crippen molar-refractivity contribution in [1.29, 1.82) is 0 Å². The first-order valence-electron chi connectivity index (χ1n) is 6.89. The summed E-state index contributed by atoms with van der Waals surface area (Å²) < 4.78 is 45.5. The van der Waals surface area contributed by atoms with Crippen LogP contribution in [0.4, 0.5) is 4.39 Å². The highest BCUT2D eigenvalue weighted by Crippen LogP contribution is 2.23. The Morgan fingerprint density at radius 2 is 1.85 bits per heavy atom. The molecule has 1 aliphatic carbocycles. The van der Waals surface area contributed by atoms with Gasteiger partial charge in [-0.25, -0.2) is 17.5 Å². The molecule has 4 nitrogen and oxygen atoms in total. The summed E-state index contributed by atoms with van der Waals surface area (Å²) in [5.74, 6) is -0.630. The van der Waals surface area contributed by atoms with Crippen LogP contribution in [0.25, 0.3) is 0 Å². The third-order valence-corrected chi connectivity index (χ3v) is 5.13. The topological polar surface area (TPSA) is 55.4 Å². The van der Waals surface area contributed by atoms with Crippen LogP contribution in [0.2, 0.25) is 0 Å². The van der Waals surface area contributed by atoms with Crippen LogP contribution in [0.3, 0.4) is 0 Å². The molecule has 1 saturated carbocycles. The minimum Gasteiger partial charge on any atom is -0.494 e. The van der Waals surface area contributed by atoms with E-state index in [4.69, 9.17) is 4.74 Å². The molecule has 1 fully saturated rings. The average molecular weight is 301 g/mol. The third kappa shape index (κ3) is 3.70. The van der Waals surface area contributed by atoms with Crippen molar-refractivity contribution in [3.05, 3.63) is 24.0 Å². The van der Waals surface area contributed by atoms with Crippen LogP contribution in [0, 0.1) is 5.82 Å². The summed E-state index contributed by atoms with van der Waals surface area (Å²) in [4.78, 5) is 0.0417. The lowest BCUT2D eigenvalue weighted by molar-refractivity contribution is 0.385. The molecule has 20 heavy (non-hydrogen) atoms. The average Bonchev–Trinajstić information content (AvgIpc) is 2.67. The Hall–Kier alpha value is -1.14. The van der Waals surface area contributed by atoms with E-state index >= 15 is 0 Å². The number of nitrogens with one attached hydrogen (secondary N) is 1. The minimum absolute atomic E-state index is 0.0291. The van der Waals surface area contributed by atoms with Crippen molar-refractivity contribution in [3.63, 3.8) is 0 Å². The van der Waals surface area contributed by atoms with E-state index < -0.39 is 15.8 Å². The minimum atomic E-state index is -3.62. The summed E-state index contributed by atoms with van der Waals surface area (Å²) in [6.45, 7) is 0. The van der Waals surface area contributed by atoms with E-state index in [0.717, 1.165) is 44.6 Å². The smallest absolute Gasteiger partial charge is 0.240 e. The molecule has 0 bridgehead atoms. The Labute approximate surface area is 119 Å². The normalized spacial score (nSPS) is 17.7. The maximum absolute atomic E-state index is 13.3. The molecule has 0 heterocycles. The Balaban J connectivity index is 2.17. The van der Waals surface area contributed by atoms with Gasteiger partial charge in [-0.05, 0) is 25.0 Å². The van der Waals surface area contributed by atoms with Gasteiger partial charge in [0.05, 0.1) is 12.0 Å². The Morgan fingerprint density at radius 3 is 2.45 bits per heavy atom. The zero-order chi connectivity index (χ0) is 14.6. The quantitative estimate of drug-likeness (QED) is 0.870. The predicted molar refractivity (Wildman–Crippen MR) is 74.8 cm³/mol. The van der Waals surface area contributed by atoms with Gasteiger partial charge in [-0.1, -0.05) is 25.7 Å². The molecule has 0 unspecified atom stereocenters. The predicted octanol–water partition coefficient (Wildman–Crippen LogP) is 2.84. The van der Waals surface area contributed by atoms with Crippen molar-refractivity contribution in [2.24, 2.45) is 0 Å². The van der Waals surface area contributed by atoms with Crippen molar-refractivity contribution in [2.75, 3.05) is 7.11 Å². The highest BCUT2D eigenvalue weighted by Gasteiger charge is 2.22. The summed E-state index contributed by atoms with van der Waals surface area (Å²) in [6, 6.07) is 3.56. The molecule has 0 aromatic heterocycles. The molecule has 6 heteroatoms. The summed E-state index contributed by atoms with van der Waals surface area (Å²) in [6.07, 6.45) is 6.11. The van der Waals surface area contributed by atoms with E-state index in [1.54, 1.807) is 0 Å². The fraction of sp³-hybridized carbons (Fsp3) is 0.571. The monoisotopic (exact) mass is 301 g/mol. The van der Waals surface area contributed by atoms with E-state index in [1.807, 2.05) is 0 Å². The first-order valence-corrected chi connectivity index (χ1v) is 8.37. The first-order chi connectivity index (χ1) is 9.53. The van der Waals surface area contributed by atoms with Gasteiger partial charge in [0, 0.05) is 12.1 Å². The number of halogens is 1. The van der Waals surface area contributed by atoms with Gasteiger partial charge in [0.15, 0.2) is 11.6 Å². The SMILES string of the molecule is COc1cc(S(=O)(=O)NC2CCCCCC2)ccc1F. The molecule has 1 aliphatic rings. The Kier molecular flexibility index (Phi) is 4.99. The maximum atomic E-state index is 13.3. The van der Waals surface area contributed by atoms with Crippen LogP contribution >= 0.6 is 0 Å². The Morgan fingerprint density at radius 1 is 1.20 bits per heavy atom. The molecule has 0 radical (unpaired) electrons. The largest absolute Gasteiger partial charge is 0.494 e. The second-order valence-corrected chi connectivity index (χ2v) is 6.82. The molecule has 1 N–H and O–H groups in total. The summed E-state index contributed by atoms with van der Waals surface area (Å²) in [5.41, 5.74) is 0. The number of rotatable bonds is 4. The molecule has 0 atom stereocenters. The van der Waals surface area contributed by atoms with E-state index in [2.05, 4.69) is 4.72 Å². The second-order valence-electron chi connectivity index (χ2n) is 5.11. The highest BCUT2D eigenvalue weighted by atomic mass is 32.2. The molecule has 0 aliphatic heterocycles. The lowest BCUT2D eigenvalue weighted by Crippen LogP contribution is -2.34. The van der Waals surface area contributed by atoms with Crippen LogP contribution in [-0.4, -0.2) is 21.6 Å². The standard InChI is InChI=1S/C14H20FNO3S/c1-19-14-10-12(8-9-13(14)15)20(17,18)16-11-6-4-2-3-5-7-11/h8-11,16H,2-7H2,1H3. The summed E-state index contributed by atoms with van der Waals surface area (Å²) in [5, 5.41) is 0. The van der Waals surface area contributed by atoms with Crippen LogP contribution in [0.15, 0.2) is 23.1 Å². The van der Waals surface area contributed by atoms with Gasteiger partial charge >= 0.3 is 0 Å². The van der Waals surface area contributed by atoms with Gasteiger partial charge in [-0.3, -0.25) is 0 Å². The lowest BCUT2D eigenvalue weighted by atomic mass is 10.1.